The molecule has 1 radical (unpaired) electrons. The first-order chi connectivity index (χ1) is 6.95. The normalized spacial score (nSPS) is 11.2. The Hall–Kier alpha value is -0.730. The Morgan fingerprint density at radius 2 is 1.73 bits per heavy atom. The van der Waals surface area contributed by atoms with Crippen LogP contribution in [0.15, 0.2) is 0 Å². The second-order valence-electron chi connectivity index (χ2n) is 4.78. The number of nitrogens with zero attached hydrogens (tertiary/aromatic N) is 1. The maximum absolute atomic E-state index is 11.2. The van der Waals surface area contributed by atoms with Gasteiger partial charge in [-0.05, 0) is 27.2 Å². The van der Waals surface area contributed by atoms with Crippen LogP contribution in [0.25, 0.3) is 0 Å². The van der Waals surface area contributed by atoms with Gasteiger partial charge in [-0.15, -0.1) is 0 Å². The molecule has 0 aliphatic heterocycles. The van der Waals surface area contributed by atoms with Gasteiger partial charge < -0.3 is 4.74 Å². The Bertz CT molecular complexity index is 173. The summed E-state index contributed by atoms with van der Waals surface area (Å²) in [7, 11) is 0. The zero-order chi connectivity index (χ0) is 11.7. The molecule has 0 unspecified atom stereocenters. The van der Waals surface area contributed by atoms with Crippen LogP contribution in [0, 0.1) is 0 Å². The van der Waals surface area contributed by atoms with Crippen molar-refractivity contribution in [2.45, 2.75) is 65.4 Å². The molecule has 1 amide bonds. The number of carbonyl (C=O) groups excluding carboxylic acids is 1. The van der Waals surface area contributed by atoms with Crippen molar-refractivity contribution in [1.82, 2.24) is 5.32 Å². The number of ether oxygens (including phenoxy) is 1. The fourth-order valence-electron chi connectivity index (χ4n) is 1.18. The van der Waals surface area contributed by atoms with Crippen molar-refractivity contribution in [1.29, 1.82) is 0 Å². The van der Waals surface area contributed by atoms with Gasteiger partial charge in [0.25, 0.3) is 0 Å². The molecule has 0 fully saturated rings. The van der Waals surface area contributed by atoms with Crippen LogP contribution >= 0.6 is 0 Å². The second kappa shape index (κ2) is 7.55. The molecule has 0 spiro atoms. The lowest BCUT2D eigenvalue weighted by atomic mass is 10.1. The number of hydrogen-bond acceptors (Lipinski definition) is 2. The molecule has 0 saturated carbocycles. The molecule has 3 nitrogen and oxygen atoms in total. The molecule has 0 aromatic carbocycles. The fourth-order valence-corrected chi connectivity index (χ4v) is 1.18. The van der Waals surface area contributed by atoms with E-state index in [4.69, 9.17) is 4.74 Å². The highest BCUT2D eigenvalue weighted by Crippen LogP contribution is 2.07. The van der Waals surface area contributed by atoms with Crippen LogP contribution in [0.2, 0.25) is 0 Å². The van der Waals surface area contributed by atoms with Crippen LogP contribution < -0.4 is 5.32 Å². The third-order valence-electron chi connectivity index (χ3n) is 1.90. The topological polar surface area (TPSA) is 40.4 Å². The minimum Gasteiger partial charge on any atom is -0.442 e. The van der Waals surface area contributed by atoms with Crippen LogP contribution in [0.5, 0.6) is 0 Å². The van der Waals surface area contributed by atoms with Crippen molar-refractivity contribution in [3.63, 3.8) is 0 Å². The molecule has 0 atom stereocenters. The van der Waals surface area contributed by atoms with Crippen LogP contribution in [0.4, 0.5) is 4.79 Å². The summed E-state index contributed by atoms with van der Waals surface area (Å²) in [5.41, 5.74) is -0.428. The Kier molecular flexibility index (Phi) is 7.18. The number of carbonyl (C=O) groups is 1. The summed E-state index contributed by atoms with van der Waals surface area (Å²) in [4.78, 5) is 11.2. The predicted molar refractivity (Wildman–Crippen MR) is 62.0 cm³/mol. The van der Waals surface area contributed by atoms with E-state index in [1.165, 1.54) is 19.3 Å². The SMILES string of the molecule is CCCCCCC[N]C(=O)OC(C)(C)C. The standard InChI is InChI=1S/C12H24NO2/c1-5-6-7-8-9-10-13-11(14)15-12(2,3)4/h5-10H2,1-4H3. The average Bonchev–Trinajstić information content (AvgIpc) is 2.08. The van der Waals surface area contributed by atoms with E-state index in [1.807, 2.05) is 20.8 Å². The molecular weight excluding hydrogens is 190 g/mol. The molecule has 3 heteroatoms. The molecule has 0 aromatic heterocycles. The zero-order valence-corrected chi connectivity index (χ0v) is 10.5. The lowest BCUT2D eigenvalue weighted by Crippen LogP contribution is -2.28. The van der Waals surface area contributed by atoms with E-state index >= 15 is 0 Å². The van der Waals surface area contributed by atoms with Crippen molar-refractivity contribution in [3.8, 4) is 0 Å². The van der Waals surface area contributed by atoms with Gasteiger partial charge >= 0.3 is 6.09 Å². The van der Waals surface area contributed by atoms with E-state index in [0.29, 0.717) is 6.54 Å². The molecule has 0 heterocycles. The smallest absolute Gasteiger partial charge is 0.429 e. The molecule has 0 bridgehead atoms. The van der Waals surface area contributed by atoms with Gasteiger partial charge in [-0.1, -0.05) is 32.6 Å². The third-order valence-corrected chi connectivity index (χ3v) is 1.90. The minimum atomic E-state index is -0.432. The Balaban J connectivity index is 3.32. The number of unbranched alkanes of at least 4 members (excludes halogenated alkanes) is 4. The molecule has 0 aromatic rings. The van der Waals surface area contributed by atoms with Crippen molar-refractivity contribution >= 4 is 6.09 Å². The monoisotopic (exact) mass is 214 g/mol. The average molecular weight is 214 g/mol. The third kappa shape index (κ3) is 11.2. The van der Waals surface area contributed by atoms with Crippen molar-refractivity contribution in [3.05, 3.63) is 0 Å². The van der Waals surface area contributed by atoms with Gasteiger partial charge in [0.05, 0.1) is 0 Å². The highest BCUT2D eigenvalue weighted by Gasteiger charge is 2.16. The van der Waals surface area contributed by atoms with E-state index in [1.54, 1.807) is 0 Å². The molecule has 0 aliphatic carbocycles. The van der Waals surface area contributed by atoms with Gasteiger partial charge in [0.15, 0.2) is 0 Å². The predicted octanol–water partition coefficient (Wildman–Crippen LogP) is 3.50. The fraction of sp³-hybridized carbons (Fsp3) is 0.917. The summed E-state index contributed by atoms with van der Waals surface area (Å²) < 4.78 is 5.06. The van der Waals surface area contributed by atoms with Crippen LogP contribution in [-0.2, 0) is 4.74 Å². The van der Waals surface area contributed by atoms with Gasteiger partial charge in [0, 0.05) is 6.54 Å². The highest BCUT2D eigenvalue weighted by atomic mass is 16.6. The molecule has 0 N–H and O–H groups in total. The van der Waals surface area contributed by atoms with E-state index in [0.717, 1.165) is 12.8 Å². The van der Waals surface area contributed by atoms with Crippen molar-refractivity contribution in [2.75, 3.05) is 6.54 Å². The minimum absolute atomic E-state index is 0.428. The Morgan fingerprint density at radius 1 is 1.13 bits per heavy atom. The number of rotatable bonds is 6. The molecule has 0 aliphatic rings. The summed E-state index contributed by atoms with van der Waals surface area (Å²) in [5.74, 6) is 0. The largest absolute Gasteiger partial charge is 0.442 e. The van der Waals surface area contributed by atoms with E-state index in [9.17, 15) is 4.79 Å². The second-order valence-corrected chi connectivity index (χ2v) is 4.78. The van der Waals surface area contributed by atoms with Crippen molar-refractivity contribution < 1.29 is 9.53 Å². The van der Waals surface area contributed by atoms with E-state index < -0.39 is 11.7 Å². The molecule has 15 heavy (non-hydrogen) atoms. The maximum Gasteiger partial charge on any atom is 0.429 e. The number of amides is 1. The van der Waals surface area contributed by atoms with Crippen LogP contribution in [0.3, 0.4) is 0 Å². The van der Waals surface area contributed by atoms with Crippen LogP contribution in [-0.4, -0.2) is 18.2 Å². The summed E-state index contributed by atoms with van der Waals surface area (Å²) >= 11 is 0. The summed E-state index contributed by atoms with van der Waals surface area (Å²) in [6.45, 7) is 8.33. The van der Waals surface area contributed by atoms with E-state index in [2.05, 4.69) is 12.2 Å². The Labute approximate surface area is 93.6 Å². The maximum atomic E-state index is 11.2. The van der Waals surface area contributed by atoms with Crippen molar-refractivity contribution in [2.24, 2.45) is 0 Å². The zero-order valence-electron chi connectivity index (χ0n) is 10.5. The molecule has 0 rings (SSSR count). The first kappa shape index (κ1) is 14.3. The first-order valence-corrected chi connectivity index (χ1v) is 5.86. The van der Waals surface area contributed by atoms with Gasteiger partial charge in [0.2, 0.25) is 0 Å². The molecule has 0 saturated heterocycles. The number of hydrogen-bond donors (Lipinski definition) is 0. The van der Waals surface area contributed by atoms with E-state index in [-0.39, 0.29) is 0 Å². The van der Waals surface area contributed by atoms with Gasteiger partial charge in [-0.3, -0.25) is 0 Å². The first-order valence-electron chi connectivity index (χ1n) is 5.86. The molecule has 89 valence electrons. The van der Waals surface area contributed by atoms with Gasteiger partial charge in [-0.2, -0.15) is 0 Å². The summed E-state index contributed by atoms with van der Waals surface area (Å²) in [6, 6.07) is 0. The van der Waals surface area contributed by atoms with Gasteiger partial charge in [-0.25, -0.2) is 10.1 Å². The lowest BCUT2D eigenvalue weighted by Gasteiger charge is -2.18. The summed E-state index contributed by atoms with van der Waals surface area (Å²) in [6.07, 6.45) is 5.45. The molecular formula is C12H24NO2. The van der Waals surface area contributed by atoms with Gasteiger partial charge in [0.1, 0.15) is 5.60 Å². The highest BCUT2D eigenvalue weighted by molar-refractivity contribution is 5.67. The lowest BCUT2D eigenvalue weighted by molar-refractivity contribution is 0.0520. The quantitative estimate of drug-likeness (QED) is 0.635. The Morgan fingerprint density at radius 3 is 2.27 bits per heavy atom. The van der Waals surface area contributed by atoms with Crippen LogP contribution in [0.1, 0.15) is 59.8 Å². The summed E-state index contributed by atoms with van der Waals surface area (Å²) in [5, 5.41) is 3.85.